The Kier molecular flexibility index (Phi) is 9.57. The van der Waals surface area contributed by atoms with Crippen molar-refractivity contribution in [2.45, 2.75) is 83.5 Å². The Morgan fingerprint density at radius 2 is 1.27 bits per heavy atom. The van der Waals surface area contributed by atoms with Crippen LogP contribution < -0.4 is 5.32 Å². The van der Waals surface area contributed by atoms with Gasteiger partial charge in [0.05, 0.1) is 35.9 Å². The molecule has 0 spiro atoms. The van der Waals surface area contributed by atoms with E-state index in [2.05, 4.69) is 78.8 Å². The molecule has 5 aromatic rings. The number of imidazole rings is 2. The number of carbonyl (C=O) groups is 2. The van der Waals surface area contributed by atoms with Crippen molar-refractivity contribution in [3.8, 4) is 33.6 Å². The minimum Gasteiger partial charge on any atom is -0.444 e. The Morgan fingerprint density at radius 1 is 0.784 bits per heavy atom. The second-order valence-corrected chi connectivity index (χ2v) is 14.2. The Labute approximate surface area is 298 Å². The summed E-state index contributed by atoms with van der Waals surface area (Å²) < 4.78 is 5.63. The van der Waals surface area contributed by atoms with Gasteiger partial charge in [-0.15, -0.1) is 0 Å². The number of anilines is 1. The second kappa shape index (κ2) is 14.4. The molecule has 0 radical (unpaired) electrons. The van der Waals surface area contributed by atoms with E-state index in [0.29, 0.717) is 25.5 Å². The monoisotopic (exact) mass is 687 g/mol. The zero-order valence-electron chi connectivity index (χ0n) is 29.6. The number of H-pyrrole nitrogens is 2. The molecule has 51 heavy (non-hydrogen) atoms. The molecule has 0 saturated carbocycles. The highest BCUT2D eigenvalue weighted by Crippen LogP contribution is 2.35. The maximum absolute atomic E-state index is 13.6. The summed E-state index contributed by atoms with van der Waals surface area (Å²) in [5, 5.41) is 3.20. The number of rotatable bonds is 9. The van der Waals surface area contributed by atoms with Crippen LogP contribution in [0.5, 0.6) is 0 Å². The van der Waals surface area contributed by atoms with Crippen molar-refractivity contribution in [3.05, 3.63) is 91.0 Å². The van der Waals surface area contributed by atoms with Gasteiger partial charge in [-0.2, -0.15) is 0 Å². The lowest BCUT2D eigenvalue weighted by Crippen LogP contribution is -2.42. The molecular weight excluding hydrogens is 642 g/mol. The Morgan fingerprint density at radius 3 is 1.78 bits per heavy atom. The first-order valence-electron chi connectivity index (χ1n) is 17.8. The van der Waals surface area contributed by atoms with E-state index >= 15 is 0 Å². The van der Waals surface area contributed by atoms with Crippen LogP contribution in [0.2, 0.25) is 0 Å². The van der Waals surface area contributed by atoms with E-state index in [1.165, 1.54) is 0 Å². The molecule has 12 nitrogen and oxygen atoms in total. The lowest BCUT2D eigenvalue weighted by atomic mass is 10.0. The molecule has 264 valence electrons. The van der Waals surface area contributed by atoms with Gasteiger partial charge in [0.15, 0.2) is 0 Å². The molecule has 2 aliphatic heterocycles. The molecule has 5 heterocycles. The third kappa shape index (κ3) is 7.50. The normalized spacial score (nSPS) is 18.2. The van der Waals surface area contributed by atoms with Crippen LogP contribution in [0.25, 0.3) is 33.6 Å². The van der Waals surface area contributed by atoms with E-state index in [1.807, 2.05) is 45.0 Å². The predicted octanol–water partition coefficient (Wildman–Crippen LogP) is 7.55. The summed E-state index contributed by atoms with van der Waals surface area (Å²) in [4.78, 5) is 54.9. The summed E-state index contributed by atoms with van der Waals surface area (Å²) in [6.07, 6.45) is 10.9. The number of benzene rings is 2. The number of ether oxygens (including phenoxy) is 1. The molecule has 3 aromatic heterocycles. The van der Waals surface area contributed by atoms with Crippen molar-refractivity contribution in [1.29, 1.82) is 0 Å². The molecule has 0 unspecified atom stereocenters. The van der Waals surface area contributed by atoms with Gasteiger partial charge in [-0.05, 0) is 81.2 Å². The Hall–Kier alpha value is -5.52. The number of aromatic nitrogens is 6. The summed E-state index contributed by atoms with van der Waals surface area (Å²) in [7, 11) is 0. The zero-order valence-corrected chi connectivity index (χ0v) is 29.6. The summed E-state index contributed by atoms with van der Waals surface area (Å²) >= 11 is 0. The number of carbonyl (C=O) groups excluding carboxylic acids is 2. The lowest BCUT2D eigenvalue weighted by molar-refractivity contribution is -0.133. The average molecular weight is 688 g/mol. The highest BCUT2D eigenvalue weighted by Gasteiger charge is 2.36. The largest absolute Gasteiger partial charge is 0.444 e. The molecule has 2 aromatic carbocycles. The van der Waals surface area contributed by atoms with E-state index in [0.717, 1.165) is 71.0 Å². The van der Waals surface area contributed by atoms with Crippen LogP contribution in [0, 0.1) is 0 Å². The van der Waals surface area contributed by atoms with Crippen LogP contribution in [-0.2, 0) is 9.53 Å². The maximum Gasteiger partial charge on any atom is 0.410 e. The molecule has 3 N–H and O–H groups in total. The SMILES string of the molecule is CC[C@H](Nc1ncccn1)C(=O)N1CCC[C@H]1c1ncc(-c2ccc(-c3ccc(-c4cnc([C@H]5CCCN5C(=O)OC(C)(C)C)[nH]4)cc3)cc2)[nH]1. The molecule has 12 heteroatoms. The maximum atomic E-state index is 13.6. The average Bonchev–Trinajstić information content (AvgIpc) is 3.97. The molecule has 3 atom stereocenters. The van der Waals surface area contributed by atoms with Gasteiger partial charge in [0, 0.05) is 25.5 Å². The molecule has 0 aliphatic carbocycles. The molecular formula is C39H45N9O3. The highest BCUT2D eigenvalue weighted by molar-refractivity contribution is 5.85. The van der Waals surface area contributed by atoms with Gasteiger partial charge in [-0.25, -0.2) is 24.7 Å². The van der Waals surface area contributed by atoms with Crippen LogP contribution in [0.3, 0.4) is 0 Å². The summed E-state index contributed by atoms with van der Waals surface area (Å²) in [5.74, 6) is 2.07. The third-order valence-corrected chi connectivity index (χ3v) is 9.54. The fourth-order valence-electron chi connectivity index (χ4n) is 6.96. The second-order valence-electron chi connectivity index (χ2n) is 14.2. The number of aromatic amines is 2. The summed E-state index contributed by atoms with van der Waals surface area (Å²) in [5.41, 5.74) is 5.53. The van der Waals surface area contributed by atoms with Gasteiger partial charge in [0.1, 0.15) is 23.3 Å². The third-order valence-electron chi connectivity index (χ3n) is 9.54. The number of amides is 2. The van der Waals surface area contributed by atoms with Gasteiger partial charge in [0.2, 0.25) is 11.9 Å². The van der Waals surface area contributed by atoms with Gasteiger partial charge in [-0.1, -0.05) is 55.5 Å². The quantitative estimate of drug-likeness (QED) is 0.144. The van der Waals surface area contributed by atoms with Gasteiger partial charge >= 0.3 is 6.09 Å². The Bertz CT molecular complexity index is 1950. The number of nitrogens with one attached hydrogen (secondary N) is 3. The first-order valence-corrected chi connectivity index (χ1v) is 17.8. The molecule has 2 fully saturated rings. The summed E-state index contributed by atoms with van der Waals surface area (Å²) in [6.45, 7) is 8.99. The molecule has 0 bridgehead atoms. The van der Waals surface area contributed by atoms with Gasteiger partial charge in [-0.3, -0.25) is 9.69 Å². The fourth-order valence-corrected chi connectivity index (χ4v) is 6.96. The standard InChI is InChI=1S/C39H45N9O3/c1-5-29(46-37-40-19-8-20-41-37)36(49)47-21-6-9-32(47)34-42-23-30(44-34)27-15-11-25(12-16-27)26-13-17-28(18-14-26)31-24-43-35(45-31)33-10-7-22-48(33)38(50)51-39(2,3)4/h8,11-20,23-24,29,32-33H,5-7,9-10,21-22H2,1-4H3,(H,42,44)(H,43,45)(H,40,41,46)/t29-,32-,33+/m0/s1. The van der Waals surface area contributed by atoms with E-state index in [9.17, 15) is 9.59 Å². The number of likely N-dealkylation sites (tertiary alicyclic amines) is 2. The number of nitrogens with zero attached hydrogens (tertiary/aromatic N) is 6. The fraction of sp³-hybridized carbons (Fsp3) is 0.385. The predicted molar refractivity (Wildman–Crippen MR) is 195 cm³/mol. The topological polar surface area (TPSA) is 145 Å². The minimum absolute atomic E-state index is 0.0346. The van der Waals surface area contributed by atoms with Gasteiger partial charge < -0.3 is 24.9 Å². The van der Waals surface area contributed by atoms with Crippen LogP contribution in [-0.4, -0.2) is 76.4 Å². The van der Waals surface area contributed by atoms with Crippen LogP contribution in [0.4, 0.5) is 10.7 Å². The molecule has 2 amide bonds. The first kappa shape index (κ1) is 34.0. The van der Waals surface area contributed by atoms with Gasteiger partial charge in [0.25, 0.3) is 0 Å². The van der Waals surface area contributed by atoms with Crippen molar-refractivity contribution < 1.29 is 14.3 Å². The van der Waals surface area contributed by atoms with E-state index in [4.69, 9.17) is 9.72 Å². The van der Waals surface area contributed by atoms with Crippen molar-refractivity contribution in [1.82, 2.24) is 39.7 Å². The molecule has 7 rings (SSSR count). The van der Waals surface area contributed by atoms with Crippen molar-refractivity contribution >= 4 is 17.9 Å². The number of hydrogen-bond donors (Lipinski definition) is 3. The van der Waals surface area contributed by atoms with E-state index < -0.39 is 11.6 Å². The van der Waals surface area contributed by atoms with Crippen molar-refractivity contribution in [2.24, 2.45) is 0 Å². The smallest absolute Gasteiger partial charge is 0.410 e. The summed E-state index contributed by atoms with van der Waals surface area (Å²) in [6, 6.07) is 17.9. The Balaban J connectivity index is 0.995. The molecule has 2 saturated heterocycles. The van der Waals surface area contributed by atoms with Crippen LogP contribution >= 0.6 is 0 Å². The zero-order chi connectivity index (χ0) is 35.5. The lowest BCUT2D eigenvalue weighted by Gasteiger charge is -2.28. The molecule has 2 aliphatic rings. The van der Waals surface area contributed by atoms with Crippen LogP contribution in [0.1, 0.15) is 83.5 Å². The van der Waals surface area contributed by atoms with E-state index in [-0.39, 0.29) is 24.1 Å². The van der Waals surface area contributed by atoms with E-state index in [1.54, 1.807) is 23.4 Å². The van der Waals surface area contributed by atoms with Crippen molar-refractivity contribution in [3.63, 3.8) is 0 Å². The minimum atomic E-state index is -0.541. The van der Waals surface area contributed by atoms with Crippen molar-refractivity contribution in [2.75, 3.05) is 18.4 Å². The highest BCUT2D eigenvalue weighted by atomic mass is 16.6. The first-order chi connectivity index (χ1) is 24.7. The number of hydrogen-bond acceptors (Lipinski definition) is 8. The van der Waals surface area contributed by atoms with Crippen LogP contribution in [0.15, 0.2) is 79.4 Å².